The molecule has 0 saturated carbocycles. The lowest BCUT2D eigenvalue weighted by molar-refractivity contribution is -0.139. The fourth-order valence-corrected chi connectivity index (χ4v) is 2.32. The highest BCUT2D eigenvalue weighted by atomic mass is 19.1. The average Bonchev–Trinajstić information content (AvgIpc) is 2.84. The lowest BCUT2D eigenvalue weighted by Gasteiger charge is -2.35. The minimum atomic E-state index is -1.10. The van der Waals surface area contributed by atoms with Crippen molar-refractivity contribution in [3.63, 3.8) is 0 Å². The Morgan fingerprint density at radius 1 is 1.42 bits per heavy atom. The Labute approximate surface area is 112 Å². The van der Waals surface area contributed by atoms with E-state index < -0.39 is 6.17 Å². The van der Waals surface area contributed by atoms with Crippen LogP contribution in [0.4, 0.5) is 4.39 Å². The van der Waals surface area contributed by atoms with Gasteiger partial charge in [-0.1, -0.05) is 0 Å². The number of ether oxygens (including phenoxy) is 1. The van der Waals surface area contributed by atoms with Crippen molar-refractivity contribution in [2.24, 2.45) is 10.2 Å². The molecule has 2 aliphatic heterocycles. The second-order valence-corrected chi connectivity index (χ2v) is 5.26. The van der Waals surface area contributed by atoms with E-state index in [9.17, 15) is 9.18 Å². The van der Waals surface area contributed by atoms with Gasteiger partial charge in [-0.3, -0.25) is 9.69 Å². The van der Waals surface area contributed by atoms with Gasteiger partial charge in [-0.05, 0) is 20.3 Å². The number of nitrogens with zero attached hydrogens (tertiary/aromatic N) is 4. The number of amides is 1. The number of hydrogen-bond donors (Lipinski definition) is 0. The van der Waals surface area contributed by atoms with Gasteiger partial charge in [0.05, 0.1) is 25.3 Å². The largest absolute Gasteiger partial charge is 0.372 e. The molecule has 1 fully saturated rings. The summed E-state index contributed by atoms with van der Waals surface area (Å²) in [7, 11) is 0. The van der Waals surface area contributed by atoms with Crippen LogP contribution >= 0.6 is 0 Å². The van der Waals surface area contributed by atoms with Gasteiger partial charge in [-0.2, -0.15) is 10.2 Å². The first kappa shape index (κ1) is 14.3. The SMILES string of the molecule is CC(C)O[C@H]1CCN(C(=O)CN2CN=NC2)C[C@H]1F. The number of rotatable bonds is 4. The molecule has 6 nitrogen and oxygen atoms in total. The highest BCUT2D eigenvalue weighted by Crippen LogP contribution is 2.19. The van der Waals surface area contributed by atoms with Gasteiger partial charge >= 0.3 is 0 Å². The summed E-state index contributed by atoms with van der Waals surface area (Å²) in [4.78, 5) is 15.4. The third-order valence-corrected chi connectivity index (χ3v) is 3.27. The lowest BCUT2D eigenvalue weighted by Crippen LogP contribution is -2.51. The van der Waals surface area contributed by atoms with Gasteiger partial charge in [0.2, 0.25) is 5.91 Å². The molecule has 0 bridgehead atoms. The molecule has 7 heteroatoms. The number of azo groups is 1. The van der Waals surface area contributed by atoms with E-state index in [4.69, 9.17) is 4.74 Å². The van der Waals surface area contributed by atoms with E-state index in [1.54, 1.807) is 4.90 Å². The molecule has 0 aromatic heterocycles. The van der Waals surface area contributed by atoms with Crippen molar-refractivity contribution in [1.82, 2.24) is 9.80 Å². The highest BCUT2D eigenvalue weighted by Gasteiger charge is 2.33. The van der Waals surface area contributed by atoms with Crippen LogP contribution in [0, 0.1) is 0 Å². The van der Waals surface area contributed by atoms with E-state index in [2.05, 4.69) is 10.2 Å². The van der Waals surface area contributed by atoms with Crippen LogP contribution in [0.15, 0.2) is 10.2 Å². The maximum atomic E-state index is 14.0. The van der Waals surface area contributed by atoms with Crippen molar-refractivity contribution in [3.8, 4) is 0 Å². The standard InChI is InChI=1S/C12H21FN4O2/c1-9(2)19-11-3-4-17(5-10(11)13)12(18)6-16-7-14-15-8-16/h9-11H,3-8H2,1-2H3/t10-,11+/m1/s1. The molecular formula is C12H21FN4O2. The second-order valence-electron chi connectivity index (χ2n) is 5.26. The Kier molecular flexibility index (Phi) is 4.81. The Morgan fingerprint density at radius 2 is 2.11 bits per heavy atom. The number of carbonyl (C=O) groups excluding carboxylic acids is 1. The Bertz CT molecular complexity index is 343. The van der Waals surface area contributed by atoms with Crippen molar-refractivity contribution >= 4 is 5.91 Å². The van der Waals surface area contributed by atoms with Crippen molar-refractivity contribution in [1.29, 1.82) is 0 Å². The molecular weight excluding hydrogens is 251 g/mol. The smallest absolute Gasteiger partial charge is 0.236 e. The van der Waals surface area contributed by atoms with Gasteiger partial charge < -0.3 is 9.64 Å². The fraction of sp³-hybridized carbons (Fsp3) is 0.917. The molecule has 2 rings (SSSR count). The predicted octanol–water partition coefficient (Wildman–Crippen LogP) is 1.03. The molecule has 0 radical (unpaired) electrons. The van der Waals surface area contributed by atoms with Gasteiger partial charge in [0.15, 0.2) is 0 Å². The van der Waals surface area contributed by atoms with Crippen LogP contribution in [0.25, 0.3) is 0 Å². The zero-order valence-electron chi connectivity index (χ0n) is 11.5. The van der Waals surface area contributed by atoms with Crippen molar-refractivity contribution in [3.05, 3.63) is 0 Å². The summed E-state index contributed by atoms with van der Waals surface area (Å²) >= 11 is 0. The molecule has 1 amide bonds. The highest BCUT2D eigenvalue weighted by molar-refractivity contribution is 5.78. The minimum Gasteiger partial charge on any atom is -0.372 e. The summed E-state index contributed by atoms with van der Waals surface area (Å²) in [5, 5.41) is 7.62. The van der Waals surface area contributed by atoms with Crippen LogP contribution < -0.4 is 0 Å². The maximum Gasteiger partial charge on any atom is 0.236 e. The number of alkyl halides is 1. The molecule has 108 valence electrons. The molecule has 0 aromatic rings. The van der Waals surface area contributed by atoms with Gasteiger partial charge in [-0.15, -0.1) is 0 Å². The normalized spacial score (nSPS) is 28.3. The van der Waals surface area contributed by atoms with E-state index in [0.29, 0.717) is 26.3 Å². The summed E-state index contributed by atoms with van der Waals surface area (Å²) in [6.45, 7) is 5.64. The first-order valence-electron chi connectivity index (χ1n) is 6.69. The summed E-state index contributed by atoms with van der Waals surface area (Å²) in [5.41, 5.74) is 0. The second kappa shape index (κ2) is 6.38. The summed E-state index contributed by atoms with van der Waals surface area (Å²) in [5.74, 6) is -0.0575. The predicted molar refractivity (Wildman–Crippen MR) is 67.4 cm³/mol. The minimum absolute atomic E-state index is 0.0123. The Hall–Kier alpha value is -1.08. The van der Waals surface area contributed by atoms with E-state index in [1.807, 2.05) is 18.7 Å². The monoisotopic (exact) mass is 272 g/mol. The fourth-order valence-electron chi connectivity index (χ4n) is 2.32. The first-order chi connectivity index (χ1) is 9.06. The third-order valence-electron chi connectivity index (χ3n) is 3.27. The molecule has 0 spiro atoms. The maximum absolute atomic E-state index is 14.0. The summed E-state index contributed by atoms with van der Waals surface area (Å²) < 4.78 is 19.5. The number of halogens is 1. The number of carbonyl (C=O) groups is 1. The molecule has 1 saturated heterocycles. The Balaban J connectivity index is 1.78. The van der Waals surface area contributed by atoms with Crippen LogP contribution in [0.2, 0.25) is 0 Å². The molecule has 0 aromatic carbocycles. The van der Waals surface area contributed by atoms with E-state index in [1.165, 1.54) is 0 Å². The first-order valence-corrected chi connectivity index (χ1v) is 6.69. The number of piperidine rings is 1. The number of likely N-dealkylation sites (tertiary alicyclic amines) is 1. The zero-order chi connectivity index (χ0) is 13.8. The van der Waals surface area contributed by atoms with Crippen molar-refractivity contribution in [2.45, 2.75) is 38.6 Å². The average molecular weight is 272 g/mol. The quantitative estimate of drug-likeness (QED) is 0.768. The van der Waals surface area contributed by atoms with Crippen molar-refractivity contribution < 1.29 is 13.9 Å². The van der Waals surface area contributed by atoms with Crippen molar-refractivity contribution in [2.75, 3.05) is 33.0 Å². The van der Waals surface area contributed by atoms with Crippen LogP contribution in [-0.2, 0) is 9.53 Å². The van der Waals surface area contributed by atoms with E-state index >= 15 is 0 Å². The van der Waals surface area contributed by atoms with Crippen LogP contribution in [0.1, 0.15) is 20.3 Å². The van der Waals surface area contributed by atoms with Crippen LogP contribution in [-0.4, -0.2) is 67.1 Å². The van der Waals surface area contributed by atoms with Gasteiger partial charge in [-0.25, -0.2) is 4.39 Å². The van der Waals surface area contributed by atoms with E-state index in [-0.39, 0.29) is 31.2 Å². The van der Waals surface area contributed by atoms with Gasteiger partial charge in [0.25, 0.3) is 0 Å². The van der Waals surface area contributed by atoms with Crippen LogP contribution in [0.3, 0.4) is 0 Å². The zero-order valence-corrected chi connectivity index (χ0v) is 11.5. The molecule has 2 atom stereocenters. The summed E-state index contributed by atoms with van der Waals surface area (Å²) in [6.07, 6.45) is -0.924. The molecule has 19 heavy (non-hydrogen) atoms. The van der Waals surface area contributed by atoms with Gasteiger partial charge in [0, 0.05) is 6.54 Å². The Morgan fingerprint density at radius 3 is 2.68 bits per heavy atom. The molecule has 0 N–H and O–H groups in total. The van der Waals surface area contributed by atoms with E-state index in [0.717, 1.165) is 0 Å². The molecule has 0 unspecified atom stereocenters. The van der Waals surface area contributed by atoms with Crippen LogP contribution in [0.5, 0.6) is 0 Å². The van der Waals surface area contributed by atoms with Gasteiger partial charge in [0.1, 0.15) is 19.5 Å². The lowest BCUT2D eigenvalue weighted by atomic mass is 10.1. The molecule has 2 heterocycles. The topological polar surface area (TPSA) is 57.5 Å². The summed E-state index contributed by atoms with van der Waals surface area (Å²) in [6, 6.07) is 0. The third kappa shape index (κ3) is 3.94. The number of hydrogen-bond acceptors (Lipinski definition) is 5. The molecule has 0 aliphatic carbocycles. The molecule has 2 aliphatic rings.